The van der Waals surface area contributed by atoms with Crippen LogP contribution in [0.4, 0.5) is 5.69 Å². The van der Waals surface area contributed by atoms with Crippen LogP contribution in [0.3, 0.4) is 0 Å². The Morgan fingerprint density at radius 1 is 0.407 bits per heavy atom. The molecule has 0 unspecified atom stereocenters. The maximum Gasteiger partial charge on any atom is 0.167 e. The lowest BCUT2D eigenvalue weighted by Gasteiger charge is -2.35. The molecular formula is C45H65N3O6. The molecule has 9 nitrogen and oxygen atoms in total. The summed E-state index contributed by atoms with van der Waals surface area (Å²) < 4.78 is 0. The van der Waals surface area contributed by atoms with Gasteiger partial charge in [0.1, 0.15) is 28.7 Å². The van der Waals surface area contributed by atoms with E-state index in [4.69, 9.17) is 5.10 Å². The minimum Gasteiger partial charge on any atom is -0.507 e. The number of phenols is 6. The minimum absolute atomic E-state index is 0.0281. The molecule has 0 aromatic heterocycles. The smallest absolute Gasteiger partial charge is 0.167 e. The van der Waals surface area contributed by atoms with Gasteiger partial charge in [0.25, 0.3) is 0 Å². The molecule has 3 aromatic rings. The molecule has 0 aliphatic carbocycles. The third-order valence-electron chi connectivity index (χ3n) is 10.1. The molecule has 1 aliphatic heterocycles. The molecule has 1 aliphatic rings. The summed E-state index contributed by atoms with van der Waals surface area (Å²) >= 11 is 0. The van der Waals surface area contributed by atoms with Crippen molar-refractivity contribution in [3.63, 3.8) is 0 Å². The van der Waals surface area contributed by atoms with Gasteiger partial charge in [-0.25, -0.2) is 0 Å². The normalized spacial score (nSPS) is 14.9. The molecule has 0 radical (unpaired) electrons. The second-order valence-corrected chi connectivity index (χ2v) is 21.1. The summed E-state index contributed by atoms with van der Waals surface area (Å²) in [5.74, 6) is -1.19. The van der Waals surface area contributed by atoms with E-state index in [2.05, 4.69) is 5.43 Å². The van der Waals surface area contributed by atoms with Crippen LogP contribution in [-0.4, -0.2) is 36.4 Å². The lowest BCUT2D eigenvalue weighted by molar-refractivity contribution is 0.413. The fourth-order valence-corrected chi connectivity index (χ4v) is 6.90. The van der Waals surface area contributed by atoms with Crippen LogP contribution in [0.2, 0.25) is 0 Å². The number of nitrogens with zero attached hydrogens (tertiary/aromatic N) is 2. The molecular weight excluding hydrogens is 679 g/mol. The number of aromatic hydroxyl groups is 6. The Labute approximate surface area is 323 Å². The lowest BCUT2D eigenvalue weighted by Crippen LogP contribution is -2.38. The highest BCUT2D eigenvalue weighted by molar-refractivity contribution is 6.17. The highest BCUT2D eigenvalue weighted by atomic mass is 16.3. The maximum absolute atomic E-state index is 12.1. The van der Waals surface area contributed by atoms with E-state index in [9.17, 15) is 30.6 Å². The van der Waals surface area contributed by atoms with Crippen molar-refractivity contribution in [3.8, 4) is 34.5 Å². The van der Waals surface area contributed by atoms with E-state index in [0.29, 0.717) is 33.4 Å². The van der Waals surface area contributed by atoms with Crippen LogP contribution < -0.4 is 10.5 Å². The summed E-state index contributed by atoms with van der Waals surface area (Å²) in [6.07, 6.45) is 1.56. The molecule has 54 heavy (non-hydrogen) atoms. The average Bonchev–Trinajstić information content (AvgIpc) is 2.93. The van der Waals surface area contributed by atoms with Crippen molar-refractivity contribution in [2.45, 2.75) is 157 Å². The number of hydrogen-bond acceptors (Lipinski definition) is 9. The van der Waals surface area contributed by atoms with E-state index in [-0.39, 0.29) is 62.7 Å². The van der Waals surface area contributed by atoms with Crippen LogP contribution in [0, 0.1) is 0 Å². The average molecular weight is 744 g/mol. The zero-order valence-corrected chi connectivity index (χ0v) is 35.9. The van der Waals surface area contributed by atoms with E-state index in [1.54, 1.807) is 12.1 Å². The van der Waals surface area contributed by atoms with Crippen molar-refractivity contribution in [1.29, 1.82) is 0 Å². The van der Waals surface area contributed by atoms with Gasteiger partial charge in [-0.3, -0.25) is 5.43 Å². The first-order valence-corrected chi connectivity index (χ1v) is 18.8. The molecule has 3 aromatic carbocycles. The van der Waals surface area contributed by atoms with Gasteiger partial charge in [0.2, 0.25) is 0 Å². The summed E-state index contributed by atoms with van der Waals surface area (Å²) in [6, 6.07) is 5.45. The third kappa shape index (κ3) is 7.69. The van der Waals surface area contributed by atoms with Crippen LogP contribution >= 0.6 is 0 Å². The van der Waals surface area contributed by atoms with Gasteiger partial charge in [-0.2, -0.15) is 10.2 Å². The van der Waals surface area contributed by atoms with Crippen LogP contribution in [0.5, 0.6) is 34.5 Å². The Hall–Kier alpha value is -4.53. The molecule has 0 bridgehead atoms. The molecule has 0 spiro atoms. The van der Waals surface area contributed by atoms with Crippen molar-refractivity contribution in [2.24, 2.45) is 5.10 Å². The largest absolute Gasteiger partial charge is 0.507 e. The van der Waals surface area contributed by atoms with E-state index >= 15 is 0 Å². The first-order chi connectivity index (χ1) is 24.1. The van der Waals surface area contributed by atoms with Gasteiger partial charge in [0.05, 0.1) is 16.8 Å². The predicted molar refractivity (Wildman–Crippen MR) is 222 cm³/mol. The van der Waals surface area contributed by atoms with Crippen molar-refractivity contribution in [3.05, 3.63) is 68.8 Å². The van der Waals surface area contributed by atoms with E-state index < -0.39 is 32.5 Å². The number of hydrazone groups is 1. The summed E-state index contributed by atoms with van der Waals surface area (Å²) in [6.45, 7) is 35.4. The summed E-state index contributed by atoms with van der Waals surface area (Å²) in [4.78, 5) is 0. The molecule has 0 saturated heterocycles. The highest BCUT2D eigenvalue weighted by Crippen LogP contribution is 2.52. The van der Waals surface area contributed by atoms with Gasteiger partial charge in [-0.1, -0.05) is 125 Å². The molecule has 0 fully saturated rings. The number of allylic oxidation sites excluding steroid dienone is 1. The second kappa shape index (κ2) is 13.1. The fraction of sp³-hybridized carbons (Fsp3) is 0.533. The number of rotatable bonds is 3. The summed E-state index contributed by atoms with van der Waals surface area (Å²) in [5, 5.41) is 78.5. The number of hydrogen-bond donors (Lipinski definition) is 7. The van der Waals surface area contributed by atoms with Gasteiger partial charge < -0.3 is 30.6 Å². The third-order valence-corrected chi connectivity index (χ3v) is 10.1. The van der Waals surface area contributed by atoms with Crippen molar-refractivity contribution >= 4 is 17.1 Å². The molecule has 1 heterocycles. The first-order valence-electron chi connectivity index (χ1n) is 18.8. The van der Waals surface area contributed by atoms with Crippen LogP contribution in [0.25, 0.3) is 5.70 Å². The number of hydrazine groups is 1. The van der Waals surface area contributed by atoms with Gasteiger partial charge in [0, 0.05) is 33.4 Å². The van der Waals surface area contributed by atoms with Gasteiger partial charge in [0.15, 0.2) is 17.2 Å². The SMILES string of the molecule is CC(C)(C)c1cc(C(C)(C)C)c(O)c(C2=CC(c3c(O)c(C(C)(C)C)cc(C(C)(C)C)c3O)=NN(c3c(O)c(C(C)(C)C)cc(C(C)(C)C)c3O)N2)c1O. The topological polar surface area (TPSA) is 149 Å². The van der Waals surface area contributed by atoms with Gasteiger partial charge in [-0.05, 0) is 56.8 Å². The van der Waals surface area contributed by atoms with Crippen LogP contribution in [0.15, 0.2) is 29.4 Å². The Morgan fingerprint density at radius 2 is 0.667 bits per heavy atom. The Kier molecular flexibility index (Phi) is 10.2. The van der Waals surface area contributed by atoms with Crippen molar-refractivity contribution in [1.82, 2.24) is 5.43 Å². The van der Waals surface area contributed by atoms with Gasteiger partial charge in [-0.15, -0.1) is 0 Å². The summed E-state index contributed by atoms with van der Waals surface area (Å²) in [7, 11) is 0. The minimum atomic E-state index is -0.564. The Bertz CT molecular complexity index is 1930. The first kappa shape index (κ1) is 42.2. The van der Waals surface area contributed by atoms with Crippen molar-refractivity contribution < 1.29 is 30.6 Å². The predicted octanol–water partition coefficient (Wildman–Crippen LogP) is 10.5. The molecule has 0 atom stereocenters. The number of phenolic OH excluding ortho intramolecular Hbond substituents is 6. The molecule has 0 saturated carbocycles. The molecule has 0 amide bonds. The monoisotopic (exact) mass is 743 g/mol. The molecule has 296 valence electrons. The Morgan fingerprint density at radius 3 is 0.944 bits per heavy atom. The van der Waals surface area contributed by atoms with Gasteiger partial charge >= 0.3 is 0 Å². The molecule has 7 N–H and O–H groups in total. The van der Waals surface area contributed by atoms with E-state index in [0.717, 1.165) is 0 Å². The maximum atomic E-state index is 12.1. The Balaban J connectivity index is 2.29. The van der Waals surface area contributed by atoms with Crippen LogP contribution in [-0.2, 0) is 32.5 Å². The standard InChI is InChI=1S/C45H65N3O6/c1-40(2,3)23-19-24(41(4,5)6)35(50)31(34(23)49)29-22-30(32-36(51)25(42(7,8)9)20-26(37(32)52)43(10,11)12)47-48(46-29)33-38(53)27(44(13,14)15)21-28(39(33)54)45(16,17)18/h19-22,46,49-54H,1-18H3. The number of benzene rings is 3. The quantitative estimate of drug-likeness (QED) is 0.140. The summed E-state index contributed by atoms with van der Waals surface area (Å²) in [5.41, 5.74) is 3.56. The molecule has 9 heteroatoms. The fourth-order valence-electron chi connectivity index (χ4n) is 6.90. The van der Waals surface area contributed by atoms with Crippen LogP contribution in [0.1, 0.15) is 169 Å². The number of nitrogens with one attached hydrogen (secondary N) is 1. The zero-order chi connectivity index (χ0) is 41.6. The van der Waals surface area contributed by atoms with Crippen molar-refractivity contribution in [2.75, 3.05) is 5.12 Å². The van der Waals surface area contributed by atoms with E-state index in [1.807, 2.05) is 137 Å². The number of anilines is 1. The second-order valence-electron chi connectivity index (χ2n) is 21.1. The zero-order valence-electron chi connectivity index (χ0n) is 35.9. The van der Waals surface area contributed by atoms with E-state index in [1.165, 1.54) is 5.12 Å². The highest BCUT2D eigenvalue weighted by Gasteiger charge is 2.38. The molecule has 4 rings (SSSR count). The lowest BCUT2D eigenvalue weighted by atomic mass is 9.77.